The van der Waals surface area contributed by atoms with Crippen molar-refractivity contribution in [2.24, 2.45) is 7.05 Å². The van der Waals surface area contributed by atoms with Gasteiger partial charge in [-0.1, -0.05) is 6.07 Å². The van der Waals surface area contributed by atoms with Crippen molar-refractivity contribution in [2.75, 3.05) is 12.4 Å². The molecule has 2 rings (SSSR count). The first-order valence-electron chi connectivity index (χ1n) is 5.51. The molecule has 0 radical (unpaired) electrons. The molecule has 2 aromatic rings. The number of pyridine rings is 1. The molecule has 0 aliphatic rings. The lowest BCUT2D eigenvalue weighted by Crippen LogP contribution is -2.39. The van der Waals surface area contributed by atoms with Crippen LogP contribution in [0.1, 0.15) is 5.56 Å². The molecule has 0 aliphatic heterocycles. The maximum absolute atomic E-state index is 11.8. The van der Waals surface area contributed by atoms with E-state index in [0.29, 0.717) is 12.4 Å². The summed E-state index contributed by atoms with van der Waals surface area (Å²) in [7, 11) is 3.32. The van der Waals surface area contributed by atoms with Crippen molar-refractivity contribution in [2.45, 2.75) is 6.54 Å². The average molecular weight is 246 g/mol. The third-order valence-corrected chi connectivity index (χ3v) is 2.70. The molecule has 0 saturated carbocycles. The summed E-state index contributed by atoms with van der Waals surface area (Å²) in [5.74, 6) is 0.699. The third-order valence-electron chi connectivity index (χ3n) is 2.70. The van der Waals surface area contributed by atoms with Crippen LogP contribution in [-0.2, 0) is 13.6 Å². The lowest BCUT2D eigenvalue weighted by atomic mass is 10.2. The molecule has 6 nitrogen and oxygen atoms in total. The molecular weight excluding hydrogens is 232 g/mol. The second-order valence-corrected chi connectivity index (χ2v) is 3.91. The Labute approximate surface area is 104 Å². The molecule has 0 aliphatic carbocycles. The normalized spacial score (nSPS) is 10.3. The highest BCUT2D eigenvalue weighted by Gasteiger charge is 2.06. The SMILES string of the molecule is CNc1ncccc1Cn1ccn(C)c(=O)c1=O. The Hall–Kier alpha value is -2.37. The molecule has 0 aromatic carbocycles. The number of aryl methyl sites for hydroxylation is 1. The van der Waals surface area contributed by atoms with E-state index in [0.717, 1.165) is 5.56 Å². The first-order chi connectivity index (χ1) is 8.63. The van der Waals surface area contributed by atoms with Gasteiger partial charge in [0, 0.05) is 38.2 Å². The fourth-order valence-corrected chi connectivity index (χ4v) is 1.69. The van der Waals surface area contributed by atoms with Crippen LogP contribution in [-0.4, -0.2) is 21.2 Å². The molecule has 0 unspecified atom stereocenters. The number of anilines is 1. The molecule has 0 spiro atoms. The molecule has 0 fully saturated rings. The first-order valence-corrected chi connectivity index (χ1v) is 5.51. The van der Waals surface area contributed by atoms with Gasteiger partial charge in [0.25, 0.3) is 0 Å². The van der Waals surface area contributed by atoms with E-state index in [2.05, 4.69) is 10.3 Å². The predicted octanol–water partition coefficient (Wildman–Crippen LogP) is 0.0320. The summed E-state index contributed by atoms with van der Waals surface area (Å²) in [6.07, 6.45) is 4.83. The van der Waals surface area contributed by atoms with Crippen molar-refractivity contribution in [3.63, 3.8) is 0 Å². The van der Waals surface area contributed by atoms with Gasteiger partial charge in [0.2, 0.25) is 0 Å². The summed E-state index contributed by atoms with van der Waals surface area (Å²) in [5, 5.41) is 2.95. The largest absolute Gasteiger partial charge is 0.373 e. The number of hydrogen-bond donors (Lipinski definition) is 1. The van der Waals surface area contributed by atoms with Gasteiger partial charge in [-0.15, -0.1) is 0 Å². The van der Waals surface area contributed by atoms with E-state index in [9.17, 15) is 9.59 Å². The third kappa shape index (κ3) is 2.17. The highest BCUT2D eigenvalue weighted by Crippen LogP contribution is 2.10. The van der Waals surface area contributed by atoms with Gasteiger partial charge in [-0.2, -0.15) is 0 Å². The Kier molecular flexibility index (Phi) is 3.27. The molecule has 0 amide bonds. The summed E-state index contributed by atoms with van der Waals surface area (Å²) in [6.45, 7) is 0.318. The maximum atomic E-state index is 11.8. The minimum atomic E-state index is -0.536. The minimum absolute atomic E-state index is 0.318. The zero-order valence-electron chi connectivity index (χ0n) is 10.3. The van der Waals surface area contributed by atoms with Crippen LogP contribution < -0.4 is 16.4 Å². The zero-order valence-corrected chi connectivity index (χ0v) is 10.3. The Balaban J connectivity index is 2.44. The van der Waals surface area contributed by atoms with Gasteiger partial charge >= 0.3 is 11.1 Å². The number of rotatable bonds is 3. The van der Waals surface area contributed by atoms with Crippen LogP contribution in [0.15, 0.2) is 40.3 Å². The summed E-state index contributed by atoms with van der Waals surface area (Å²) >= 11 is 0. The Morgan fingerprint density at radius 2 is 2.06 bits per heavy atom. The molecule has 0 atom stereocenters. The zero-order chi connectivity index (χ0) is 13.1. The van der Waals surface area contributed by atoms with Gasteiger partial charge in [0.1, 0.15) is 5.82 Å². The summed E-state index contributed by atoms with van der Waals surface area (Å²) in [5.41, 5.74) is -0.214. The highest BCUT2D eigenvalue weighted by atomic mass is 16.2. The van der Waals surface area contributed by atoms with E-state index in [4.69, 9.17) is 0 Å². The number of hydrogen-bond acceptors (Lipinski definition) is 4. The lowest BCUT2D eigenvalue weighted by molar-refractivity contribution is 0.694. The van der Waals surface area contributed by atoms with Gasteiger partial charge in [-0.05, 0) is 6.07 Å². The molecule has 2 aromatic heterocycles. The van der Waals surface area contributed by atoms with E-state index in [1.165, 1.54) is 9.13 Å². The van der Waals surface area contributed by atoms with Gasteiger partial charge in [0.05, 0.1) is 6.54 Å². The van der Waals surface area contributed by atoms with E-state index in [1.807, 2.05) is 6.07 Å². The topological polar surface area (TPSA) is 68.9 Å². The van der Waals surface area contributed by atoms with Gasteiger partial charge < -0.3 is 14.5 Å². The minimum Gasteiger partial charge on any atom is -0.373 e. The molecule has 18 heavy (non-hydrogen) atoms. The van der Waals surface area contributed by atoms with Gasteiger partial charge in [-0.3, -0.25) is 9.59 Å². The lowest BCUT2D eigenvalue weighted by Gasteiger charge is -2.09. The highest BCUT2D eigenvalue weighted by molar-refractivity contribution is 5.42. The summed E-state index contributed by atoms with van der Waals surface area (Å²) in [4.78, 5) is 27.5. The van der Waals surface area contributed by atoms with Crippen molar-refractivity contribution >= 4 is 5.82 Å². The van der Waals surface area contributed by atoms with E-state index >= 15 is 0 Å². The molecule has 6 heteroatoms. The van der Waals surface area contributed by atoms with Crippen LogP contribution in [0.25, 0.3) is 0 Å². The number of nitrogens with zero attached hydrogens (tertiary/aromatic N) is 3. The van der Waals surface area contributed by atoms with Gasteiger partial charge in [-0.25, -0.2) is 4.98 Å². The van der Waals surface area contributed by atoms with Crippen LogP contribution >= 0.6 is 0 Å². The fraction of sp³-hybridized carbons (Fsp3) is 0.250. The fourth-order valence-electron chi connectivity index (χ4n) is 1.69. The van der Waals surface area contributed by atoms with Crippen molar-refractivity contribution < 1.29 is 0 Å². The molecule has 2 heterocycles. The van der Waals surface area contributed by atoms with Crippen molar-refractivity contribution in [3.05, 3.63) is 57.0 Å². The van der Waals surface area contributed by atoms with Crippen LogP contribution in [0.4, 0.5) is 5.82 Å². The second-order valence-electron chi connectivity index (χ2n) is 3.91. The summed E-state index contributed by atoms with van der Waals surface area (Å²) < 4.78 is 2.64. The number of aromatic nitrogens is 3. The van der Waals surface area contributed by atoms with E-state index in [1.54, 1.807) is 38.8 Å². The Bertz CT molecular complexity index is 672. The molecule has 0 bridgehead atoms. The van der Waals surface area contributed by atoms with Crippen molar-refractivity contribution in [1.29, 1.82) is 0 Å². The number of nitrogens with one attached hydrogen (secondary N) is 1. The van der Waals surface area contributed by atoms with Crippen LogP contribution in [0.2, 0.25) is 0 Å². The molecule has 94 valence electrons. The Morgan fingerprint density at radius 1 is 1.28 bits per heavy atom. The first kappa shape index (κ1) is 12.1. The molecule has 1 N–H and O–H groups in total. The van der Waals surface area contributed by atoms with Crippen LogP contribution in [0.5, 0.6) is 0 Å². The van der Waals surface area contributed by atoms with Crippen LogP contribution in [0, 0.1) is 0 Å². The maximum Gasteiger partial charge on any atom is 0.316 e. The van der Waals surface area contributed by atoms with Crippen molar-refractivity contribution in [3.8, 4) is 0 Å². The second kappa shape index (κ2) is 4.87. The Morgan fingerprint density at radius 3 is 2.78 bits per heavy atom. The summed E-state index contributed by atoms with van der Waals surface area (Å²) in [6, 6.07) is 3.66. The van der Waals surface area contributed by atoms with Crippen molar-refractivity contribution in [1.82, 2.24) is 14.1 Å². The average Bonchev–Trinajstić information content (AvgIpc) is 2.40. The molecule has 0 saturated heterocycles. The van der Waals surface area contributed by atoms with E-state index in [-0.39, 0.29) is 0 Å². The quantitative estimate of drug-likeness (QED) is 0.776. The standard InChI is InChI=1S/C12H14N4O2/c1-13-10-9(4-3-5-14-10)8-16-7-6-15(2)11(17)12(16)18/h3-7H,8H2,1-2H3,(H,13,14). The van der Waals surface area contributed by atoms with E-state index < -0.39 is 11.1 Å². The predicted molar refractivity (Wildman–Crippen MR) is 68.8 cm³/mol. The monoisotopic (exact) mass is 246 g/mol. The van der Waals surface area contributed by atoms with Crippen LogP contribution in [0.3, 0.4) is 0 Å². The molecular formula is C12H14N4O2. The van der Waals surface area contributed by atoms with Gasteiger partial charge in [0.15, 0.2) is 0 Å². The smallest absolute Gasteiger partial charge is 0.316 e.